The van der Waals surface area contributed by atoms with Crippen LogP contribution in [-0.4, -0.2) is 19.7 Å². The number of aromatic nitrogens is 4. The number of aromatic amines is 1. The molecule has 0 aliphatic carbocycles. The molecule has 1 aromatic carbocycles. The molecule has 0 aliphatic rings. The van der Waals surface area contributed by atoms with Crippen molar-refractivity contribution in [1.82, 2.24) is 19.7 Å². The van der Waals surface area contributed by atoms with Crippen LogP contribution in [0.5, 0.6) is 0 Å². The number of benzene rings is 1. The summed E-state index contributed by atoms with van der Waals surface area (Å²) >= 11 is 6.04. The summed E-state index contributed by atoms with van der Waals surface area (Å²) in [5, 5.41) is 8.07. The first kappa shape index (κ1) is 10.0. The fourth-order valence-electron chi connectivity index (χ4n) is 1.73. The molecule has 0 spiro atoms. The Morgan fingerprint density at radius 1 is 1.29 bits per heavy atom. The number of hydrogen-bond donors (Lipinski definition) is 1. The lowest BCUT2D eigenvalue weighted by atomic mass is 10.2. The van der Waals surface area contributed by atoms with E-state index in [-0.39, 0.29) is 5.56 Å². The van der Waals surface area contributed by atoms with E-state index in [4.69, 9.17) is 11.6 Å². The van der Waals surface area contributed by atoms with Crippen molar-refractivity contribution < 1.29 is 0 Å². The molecule has 1 N–H and O–H groups in total. The highest BCUT2D eigenvalue weighted by atomic mass is 35.5. The summed E-state index contributed by atoms with van der Waals surface area (Å²) in [4.78, 5) is 16.2. The highest BCUT2D eigenvalue weighted by Crippen LogP contribution is 2.19. The third-order valence-electron chi connectivity index (χ3n) is 2.51. The molecule has 0 fully saturated rings. The van der Waals surface area contributed by atoms with Crippen LogP contribution in [-0.2, 0) is 0 Å². The molecule has 0 radical (unpaired) electrons. The number of nitrogens with zero attached hydrogens (tertiary/aromatic N) is 3. The molecule has 5 nitrogen and oxygen atoms in total. The van der Waals surface area contributed by atoms with Gasteiger partial charge in [0.15, 0.2) is 0 Å². The summed E-state index contributed by atoms with van der Waals surface area (Å²) in [6.45, 7) is 0. The van der Waals surface area contributed by atoms with Crippen molar-refractivity contribution in [3.05, 3.63) is 52.2 Å². The summed E-state index contributed by atoms with van der Waals surface area (Å²) in [5.74, 6) is 0.372. The molecule has 0 aliphatic heterocycles. The van der Waals surface area contributed by atoms with Crippen LogP contribution < -0.4 is 5.56 Å². The molecule has 0 bridgehead atoms. The molecule has 17 heavy (non-hydrogen) atoms. The van der Waals surface area contributed by atoms with E-state index in [1.54, 1.807) is 12.3 Å². The van der Waals surface area contributed by atoms with E-state index in [0.717, 1.165) is 5.39 Å². The molecule has 0 saturated heterocycles. The first-order valence-corrected chi connectivity index (χ1v) is 5.31. The third-order valence-corrected chi connectivity index (χ3v) is 2.83. The number of H-pyrrole nitrogens is 1. The van der Waals surface area contributed by atoms with E-state index in [1.807, 2.05) is 18.2 Å². The quantitative estimate of drug-likeness (QED) is 0.712. The first-order valence-electron chi connectivity index (χ1n) is 4.93. The van der Waals surface area contributed by atoms with E-state index in [2.05, 4.69) is 15.2 Å². The van der Waals surface area contributed by atoms with E-state index in [9.17, 15) is 4.79 Å². The largest absolute Gasteiger partial charge is 0.268 e. The molecular formula is C11H7ClN4O. The Hall–Kier alpha value is -2.14. The minimum Gasteiger partial charge on any atom is -0.268 e. The molecule has 0 unspecified atom stereocenters. The van der Waals surface area contributed by atoms with E-state index in [1.165, 1.54) is 10.9 Å². The van der Waals surface area contributed by atoms with Crippen LogP contribution in [0.3, 0.4) is 0 Å². The molecule has 84 valence electrons. The van der Waals surface area contributed by atoms with Gasteiger partial charge in [-0.25, -0.2) is 5.10 Å². The predicted molar refractivity (Wildman–Crippen MR) is 64.5 cm³/mol. The van der Waals surface area contributed by atoms with Gasteiger partial charge in [0.2, 0.25) is 5.95 Å². The van der Waals surface area contributed by atoms with Crippen LogP contribution >= 0.6 is 11.6 Å². The Bertz CT molecular complexity index is 733. The van der Waals surface area contributed by atoms with Gasteiger partial charge in [0.25, 0.3) is 5.56 Å². The van der Waals surface area contributed by atoms with Gasteiger partial charge in [-0.15, -0.1) is 0 Å². The zero-order chi connectivity index (χ0) is 11.8. The van der Waals surface area contributed by atoms with Gasteiger partial charge in [-0.05, 0) is 17.5 Å². The molecule has 0 atom stereocenters. The zero-order valence-corrected chi connectivity index (χ0v) is 9.35. The number of hydrogen-bond acceptors (Lipinski definition) is 3. The van der Waals surface area contributed by atoms with Crippen molar-refractivity contribution in [3.8, 4) is 5.95 Å². The number of rotatable bonds is 1. The maximum atomic E-state index is 12.2. The topological polar surface area (TPSA) is 63.6 Å². The second kappa shape index (κ2) is 3.71. The maximum Gasteiger partial charge on any atom is 0.266 e. The van der Waals surface area contributed by atoms with Gasteiger partial charge in [0.05, 0.1) is 10.4 Å². The lowest BCUT2D eigenvalue weighted by Crippen LogP contribution is -2.19. The zero-order valence-electron chi connectivity index (χ0n) is 8.59. The number of nitrogens with one attached hydrogen (secondary N) is 1. The monoisotopic (exact) mass is 246 g/mol. The summed E-state index contributed by atoms with van der Waals surface area (Å²) in [7, 11) is 0. The average Bonchev–Trinajstić information content (AvgIpc) is 2.83. The second-order valence-electron chi connectivity index (χ2n) is 3.50. The standard InChI is InChI=1S/C11H7ClN4O/c12-8-3-1-2-7-4-5-16(10(17)9(7)8)11-13-6-14-15-11/h1-6H,(H,13,14,15). The van der Waals surface area contributed by atoms with Gasteiger partial charge in [-0.1, -0.05) is 23.7 Å². The summed E-state index contributed by atoms with van der Waals surface area (Å²) < 4.78 is 1.38. The molecule has 2 aromatic heterocycles. The molecular weight excluding hydrogens is 240 g/mol. The summed E-state index contributed by atoms with van der Waals surface area (Å²) in [6.07, 6.45) is 2.99. The fourth-order valence-corrected chi connectivity index (χ4v) is 1.99. The molecule has 6 heteroatoms. The van der Waals surface area contributed by atoms with Crippen molar-refractivity contribution in [2.45, 2.75) is 0 Å². The van der Waals surface area contributed by atoms with Gasteiger partial charge in [0, 0.05) is 6.20 Å². The van der Waals surface area contributed by atoms with Crippen molar-refractivity contribution in [3.63, 3.8) is 0 Å². The van der Waals surface area contributed by atoms with Crippen molar-refractivity contribution in [2.75, 3.05) is 0 Å². The third kappa shape index (κ3) is 1.52. The lowest BCUT2D eigenvalue weighted by Gasteiger charge is -2.04. The van der Waals surface area contributed by atoms with E-state index >= 15 is 0 Å². The molecule has 0 saturated carbocycles. The van der Waals surface area contributed by atoms with Gasteiger partial charge in [-0.3, -0.25) is 9.36 Å². The minimum absolute atomic E-state index is 0.218. The van der Waals surface area contributed by atoms with Crippen molar-refractivity contribution in [2.24, 2.45) is 0 Å². The molecule has 2 heterocycles. The first-order chi connectivity index (χ1) is 8.27. The Morgan fingerprint density at radius 3 is 2.94 bits per heavy atom. The number of fused-ring (bicyclic) bond motifs is 1. The average molecular weight is 247 g/mol. The summed E-state index contributed by atoms with van der Waals surface area (Å²) in [6, 6.07) is 7.15. The molecule has 3 aromatic rings. The van der Waals surface area contributed by atoms with Crippen molar-refractivity contribution in [1.29, 1.82) is 0 Å². The maximum absolute atomic E-state index is 12.2. The van der Waals surface area contributed by atoms with E-state index in [0.29, 0.717) is 16.4 Å². The van der Waals surface area contributed by atoms with Crippen LogP contribution in [0.1, 0.15) is 0 Å². The van der Waals surface area contributed by atoms with Gasteiger partial charge in [0.1, 0.15) is 6.33 Å². The van der Waals surface area contributed by atoms with Crippen molar-refractivity contribution >= 4 is 22.4 Å². The van der Waals surface area contributed by atoms with Gasteiger partial charge >= 0.3 is 0 Å². The molecule has 3 rings (SSSR count). The summed E-state index contributed by atoms with van der Waals surface area (Å²) in [5.41, 5.74) is -0.218. The highest BCUT2D eigenvalue weighted by molar-refractivity contribution is 6.35. The second-order valence-corrected chi connectivity index (χ2v) is 3.91. The lowest BCUT2D eigenvalue weighted by molar-refractivity contribution is 0.902. The van der Waals surface area contributed by atoms with Crippen LogP contribution in [0, 0.1) is 0 Å². The number of pyridine rings is 1. The normalized spacial score (nSPS) is 10.9. The van der Waals surface area contributed by atoms with Crippen LogP contribution in [0.2, 0.25) is 5.02 Å². The SMILES string of the molecule is O=c1c2c(Cl)cccc2ccn1-c1ncn[nH]1. The highest BCUT2D eigenvalue weighted by Gasteiger charge is 2.08. The number of halogens is 1. The van der Waals surface area contributed by atoms with Crippen LogP contribution in [0.4, 0.5) is 0 Å². The Balaban J connectivity index is 2.41. The Kier molecular flexibility index (Phi) is 2.19. The van der Waals surface area contributed by atoms with Gasteiger partial charge < -0.3 is 0 Å². The fraction of sp³-hybridized carbons (Fsp3) is 0. The Morgan fingerprint density at radius 2 is 2.18 bits per heavy atom. The molecule has 0 amide bonds. The van der Waals surface area contributed by atoms with Gasteiger partial charge in [-0.2, -0.15) is 10.1 Å². The predicted octanol–water partition coefficient (Wildman–Crippen LogP) is 1.76. The van der Waals surface area contributed by atoms with E-state index < -0.39 is 0 Å². The smallest absolute Gasteiger partial charge is 0.266 e. The van der Waals surface area contributed by atoms with Crippen LogP contribution in [0.15, 0.2) is 41.6 Å². The minimum atomic E-state index is -0.218. The van der Waals surface area contributed by atoms with Crippen LogP contribution in [0.25, 0.3) is 16.7 Å². The Labute approximate surface area is 101 Å².